The fourth-order valence-electron chi connectivity index (χ4n) is 2.81. The van der Waals surface area contributed by atoms with Crippen LogP contribution in [0.3, 0.4) is 0 Å². The van der Waals surface area contributed by atoms with E-state index in [4.69, 9.17) is 0 Å². The fraction of sp³-hybridized carbons (Fsp3) is 0.235. The lowest BCUT2D eigenvalue weighted by Crippen LogP contribution is -2.49. The minimum Gasteiger partial charge on any atom is -0.363 e. The van der Waals surface area contributed by atoms with Crippen molar-refractivity contribution in [3.8, 4) is 0 Å². The van der Waals surface area contributed by atoms with Gasteiger partial charge < -0.3 is 9.80 Å². The lowest BCUT2D eigenvalue weighted by molar-refractivity contribution is 0.0741. The van der Waals surface area contributed by atoms with Gasteiger partial charge in [-0.2, -0.15) is 0 Å². The molecule has 0 N–H and O–H groups in total. The van der Waals surface area contributed by atoms with E-state index in [0.717, 1.165) is 11.0 Å². The third-order valence-corrected chi connectivity index (χ3v) is 4.17. The largest absolute Gasteiger partial charge is 0.363 e. The first-order valence-electron chi connectivity index (χ1n) is 7.63. The number of rotatable bonds is 2. The van der Waals surface area contributed by atoms with Gasteiger partial charge in [-0.3, -0.25) is 4.79 Å². The molecule has 1 aliphatic heterocycles. The fourth-order valence-corrected chi connectivity index (χ4v) is 2.81. The topological polar surface area (TPSA) is 23.6 Å². The van der Waals surface area contributed by atoms with Crippen molar-refractivity contribution in [1.29, 1.82) is 0 Å². The van der Waals surface area contributed by atoms with Crippen molar-refractivity contribution in [2.75, 3.05) is 31.1 Å². The number of halogens is 6. The molecule has 0 aliphatic carbocycles. The van der Waals surface area contributed by atoms with Gasteiger partial charge in [0.2, 0.25) is 5.82 Å². The summed E-state index contributed by atoms with van der Waals surface area (Å²) < 4.78 is 81.2. The average molecular weight is 374 g/mol. The molecular formula is C17H12F6N2O. The highest BCUT2D eigenvalue weighted by Crippen LogP contribution is 2.31. The number of piperazine rings is 1. The Labute approximate surface area is 144 Å². The van der Waals surface area contributed by atoms with Gasteiger partial charge in [0.15, 0.2) is 23.3 Å². The van der Waals surface area contributed by atoms with Crippen LogP contribution in [-0.2, 0) is 0 Å². The molecule has 3 rings (SSSR count). The van der Waals surface area contributed by atoms with Gasteiger partial charge in [-0.05, 0) is 12.1 Å². The molecule has 1 saturated heterocycles. The number of carbonyl (C=O) groups excluding carboxylic acids is 1. The number of carbonyl (C=O) groups is 1. The highest BCUT2D eigenvalue weighted by atomic mass is 19.2. The van der Waals surface area contributed by atoms with Crippen LogP contribution < -0.4 is 4.90 Å². The normalized spacial score (nSPS) is 14.7. The van der Waals surface area contributed by atoms with Gasteiger partial charge in [0, 0.05) is 26.2 Å². The summed E-state index contributed by atoms with van der Waals surface area (Å²) in [6.07, 6.45) is 0. The number of hydrogen-bond donors (Lipinski definition) is 0. The highest BCUT2D eigenvalue weighted by Gasteiger charge is 2.32. The molecule has 0 radical (unpaired) electrons. The predicted octanol–water partition coefficient (Wildman–Crippen LogP) is 3.48. The van der Waals surface area contributed by atoms with Gasteiger partial charge in [-0.15, -0.1) is 0 Å². The Hall–Kier alpha value is -2.71. The SMILES string of the molecule is O=C(c1ccccc1F)N1CCN(c2c(F)c(F)c(F)c(F)c2F)CC1. The summed E-state index contributed by atoms with van der Waals surface area (Å²) in [4.78, 5) is 14.5. The third kappa shape index (κ3) is 2.97. The molecular weight excluding hydrogens is 362 g/mol. The van der Waals surface area contributed by atoms with E-state index in [0.29, 0.717) is 0 Å². The molecule has 2 aromatic carbocycles. The third-order valence-electron chi connectivity index (χ3n) is 4.17. The molecule has 0 spiro atoms. The molecule has 9 heteroatoms. The zero-order valence-corrected chi connectivity index (χ0v) is 13.2. The maximum Gasteiger partial charge on any atom is 0.256 e. The number of benzene rings is 2. The quantitative estimate of drug-likeness (QED) is 0.457. The summed E-state index contributed by atoms with van der Waals surface area (Å²) in [7, 11) is 0. The number of anilines is 1. The maximum atomic E-state index is 13.9. The molecule has 0 atom stereocenters. The maximum absolute atomic E-state index is 13.9. The van der Waals surface area contributed by atoms with Crippen LogP contribution in [0.15, 0.2) is 24.3 Å². The average Bonchev–Trinajstić information content (AvgIpc) is 2.65. The van der Waals surface area contributed by atoms with Gasteiger partial charge in [0.25, 0.3) is 5.91 Å². The van der Waals surface area contributed by atoms with Gasteiger partial charge >= 0.3 is 0 Å². The standard InChI is InChI=1S/C17H12F6N2O/c18-10-4-2-1-3-9(10)17(26)25-7-5-24(6-8-25)16-14(22)12(20)11(19)13(21)15(16)23/h1-4H,5-8H2. The summed E-state index contributed by atoms with van der Waals surface area (Å²) in [5.74, 6) is -11.4. The van der Waals surface area contributed by atoms with Gasteiger partial charge in [-0.25, -0.2) is 26.3 Å². The van der Waals surface area contributed by atoms with Crippen molar-refractivity contribution in [3.63, 3.8) is 0 Å². The van der Waals surface area contributed by atoms with Crippen LogP contribution in [0.1, 0.15) is 10.4 Å². The first-order chi connectivity index (χ1) is 12.3. The molecule has 1 fully saturated rings. The second-order valence-electron chi connectivity index (χ2n) is 5.68. The summed E-state index contributed by atoms with van der Waals surface area (Å²) in [6.45, 7) is -0.462. The minimum atomic E-state index is -2.22. The van der Waals surface area contributed by atoms with Gasteiger partial charge in [0.05, 0.1) is 5.56 Å². The second-order valence-corrected chi connectivity index (χ2v) is 5.68. The Morgan fingerprint density at radius 1 is 0.731 bits per heavy atom. The molecule has 0 bridgehead atoms. The molecule has 138 valence electrons. The first-order valence-corrected chi connectivity index (χ1v) is 7.63. The van der Waals surface area contributed by atoms with Crippen molar-refractivity contribution < 1.29 is 31.1 Å². The van der Waals surface area contributed by atoms with E-state index in [1.165, 1.54) is 23.1 Å². The molecule has 0 aromatic heterocycles. The van der Waals surface area contributed by atoms with E-state index in [1.54, 1.807) is 0 Å². The molecule has 26 heavy (non-hydrogen) atoms. The van der Waals surface area contributed by atoms with E-state index >= 15 is 0 Å². The number of hydrogen-bond acceptors (Lipinski definition) is 2. The van der Waals surface area contributed by atoms with Crippen molar-refractivity contribution in [2.24, 2.45) is 0 Å². The molecule has 1 amide bonds. The summed E-state index contributed by atoms with van der Waals surface area (Å²) in [6, 6.07) is 5.33. The Bertz CT molecular complexity index is 836. The summed E-state index contributed by atoms with van der Waals surface area (Å²) >= 11 is 0. The Balaban J connectivity index is 1.80. The zero-order valence-electron chi connectivity index (χ0n) is 13.2. The van der Waals surface area contributed by atoms with Crippen LogP contribution in [-0.4, -0.2) is 37.0 Å². The lowest BCUT2D eigenvalue weighted by atomic mass is 10.1. The van der Waals surface area contributed by atoms with E-state index in [9.17, 15) is 31.1 Å². The number of amides is 1. The minimum absolute atomic E-state index is 0.0628. The van der Waals surface area contributed by atoms with E-state index in [2.05, 4.69) is 0 Å². The molecule has 0 saturated carbocycles. The zero-order chi connectivity index (χ0) is 19.0. The van der Waals surface area contributed by atoms with Crippen LogP contribution in [0, 0.1) is 34.9 Å². The molecule has 3 nitrogen and oxygen atoms in total. The lowest BCUT2D eigenvalue weighted by Gasteiger charge is -2.36. The van der Waals surface area contributed by atoms with Crippen molar-refractivity contribution in [2.45, 2.75) is 0 Å². The van der Waals surface area contributed by atoms with Crippen molar-refractivity contribution >= 4 is 11.6 Å². The summed E-state index contributed by atoms with van der Waals surface area (Å²) in [5.41, 5.74) is -1.18. The van der Waals surface area contributed by atoms with Gasteiger partial charge in [0.1, 0.15) is 11.5 Å². The Morgan fingerprint density at radius 2 is 1.23 bits per heavy atom. The number of nitrogens with zero attached hydrogens (tertiary/aromatic N) is 2. The predicted molar refractivity (Wildman–Crippen MR) is 80.7 cm³/mol. The molecule has 2 aromatic rings. The smallest absolute Gasteiger partial charge is 0.256 e. The van der Waals surface area contributed by atoms with Crippen LogP contribution in [0.25, 0.3) is 0 Å². The Kier molecular flexibility index (Phi) is 4.80. The Morgan fingerprint density at radius 3 is 1.77 bits per heavy atom. The van der Waals surface area contributed by atoms with Crippen LogP contribution in [0.5, 0.6) is 0 Å². The molecule has 1 aliphatic rings. The van der Waals surface area contributed by atoms with Crippen LogP contribution in [0.2, 0.25) is 0 Å². The van der Waals surface area contributed by atoms with E-state index in [1.807, 2.05) is 0 Å². The van der Waals surface area contributed by atoms with Crippen molar-refractivity contribution in [3.05, 3.63) is 64.7 Å². The van der Waals surface area contributed by atoms with E-state index < -0.39 is 46.5 Å². The van der Waals surface area contributed by atoms with Crippen LogP contribution >= 0.6 is 0 Å². The van der Waals surface area contributed by atoms with Crippen molar-refractivity contribution in [1.82, 2.24) is 4.90 Å². The monoisotopic (exact) mass is 374 g/mol. The van der Waals surface area contributed by atoms with Gasteiger partial charge in [-0.1, -0.05) is 12.1 Å². The second kappa shape index (κ2) is 6.89. The molecule has 1 heterocycles. The van der Waals surface area contributed by atoms with Crippen LogP contribution in [0.4, 0.5) is 32.0 Å². The molecule has 0 unspecified atom stereocenters. The van der Waals surface area contributed by atoms with E-state index in [-0.39, 0.29) is 31.7 Å². The highest BCUT2D eigenvalue weighted by molar-refractivity contribution is 5.94. The summed E-state index contributed by atoms with van der Waals surface area (Å²) in [5, 5.41) is 0. The first kappa shape index (κ1) is 18.1.